The second kappa shape index (κ2) is 6.24. The highest BCUT2D eigenvalue weighted by Gasteiger charge is 2.13. The maximum atomic E-state index is 11.3. The molecule has 0 unspecified atom stereocenters. The molecule has 2 rings (SSSR count). The molecule has 0 fully saturated rings. The Kier molecular flexibility index (Phi) is 4.59. The van der Waals surface area contributed by atoms with Crippen LogP contribution < -0.4 is 16.0 Å². The molecule has 6 heteroatoms. The van der Waals surface area contributed by atoms with Crippen LogP contribution in [0.15, 0.2) is 29.6 Å². The van der Waals surface area contributed by atoms with Gasteiger partial charge < -0.3 is 4.74 Å². The number of aromatic nitrogens is 1. The molecule has 1 heterocycles. The Hall–Kier alpha value is -1.92. The van der Waals surface area contributed by atoms with E-state index >= 15 is 0 Å². The summed E-state index contributed by atoms with van der Waals surface area (Å²) in [6.45, 7) is 6.83. The van der Waals surface area contributed by atoms with E-state index in [2.05, 4.69) is 43.3 Å². The van der Waals surface area contributed by atoms with Crippen molar-refractivity contribution in [3.8, 4) is 5.75 Å². The SMILES string of the molecule is CC(C)(C)c1ccc(OCc2csc(C(=O)NN)n2)cc1. The van der Waals surface area contributed by atoms with Crippen molar-refractivity contribution in [2.75, 3.05) is 0 Å². The second-order valence-corrected chi connectivity index (χ2v) is 6.54. The first-order chi connectivity index (χ1) is 9.90. The van der Waals surface area contributed by atoms with Crippen LogP contribution in [0.25, 0.3) is 0 Å². The van der Waals surface area contributed by atoms with Gasteiger partial charge in [0.1, 0.15) is 12.4 Å². The molecule has 21 heavy (non-hydrogen) atoms. The number of nitrogens with one attached hydrogen (secondary N) is 1. The molecule has 5 nitrogen and oxygen atoms in total. The number of ether oxygens (including phenoxy) is 1. The number of benzene rings is 1. The van der Waals surface area contributed by atoms with E-state index in [9.17, 15) is 4.79 Å². The zero-order valence-corrected chi connectivity index (χ0v) is 13.2. The summed E-state index contributed by atoms with van der Waals surface area (Å²) >= 11 is 1.24. The number of hydrogen-bond acceptors (Lipinski definition) is 5. The van der Waals surface area contributed by atoms with Crippen molar-refractivity contribution >= 4 is 17.2 Å². The van der Waals surface area contributed by atoms with E-state index in [1.54, 1.807) is 5.38 Å². The molecule has 0 aliphatic rings. The monoisotopic (exact) mass is 305 g/mol. The molecule has 0 spiro atoms. The molecule has 3 N–H and O–H groups in total. The van der Waals surface area contributed by atoms with Crippen LogP contribution in [0.4, 0.5) is 0 Å². The molecule has 0 bridgehead atoms. The summed E-state index contributed by atoms with van der Waals surface area (Å²) in [6, 6.07) is 8.01. The van der Waals surface area contributed by atoms with Gasteiger partial charge in [0, 0.05) is 5.38 Å². The summed E-state index contributed by atoms with van der Waals surface area (Å²) in [7, 11) is 0. The van der Waals surface area contributed by atoms with Crippen LogP contribution in [-0.4, -0.2) is 10.9 Å². The first-order valence-electron chi connectivity index (χ1n) is 6.59. The minimum absolute atomic E-state index is 0.123. The van der Waals surface area contributed by atoms with Crippen molar-refractivity contribution in [2.45, 2.75) is 32.8 Å². The van der Waals surface area contributed by atoms with Gasteiger partial charge in [-0.1, -0.05) is 32.9 Å². The van der Waals surface area contributed by atoms with Gasteiger partial charge in [-0.2, -0.15) is 0 Å². The van der Waals surface area contributed by atoms with E-state index < -0.39 is 0 Å². The van der Waals surface area contributed by atoms with Crippen LogP contribution in [0.3, 0.4) is 0 Å². The standard InChI is InChI=1S/C15H19N3O2S/c1-15(2,3)10-4-6-12(7-5-10)20-8-11-9-21-14(17-11)13(19)18-16/h4-7,9H,8,16H2,1-3H3,(H,18,19). The number of carbonyl (C=O) groups is 1. The van der Waals surface area contributed by atoms with Crippen molar-refractivity contribution < 1.29 is 9.53 Å². The van der Waals surface area contributed by atoms with Gasteiger partial charge in [-0.05, 0) is 23.1 Å². The summed E-state index contributed by atoms with van der Waals surface area (Å²) in [4.78, 5) is 15.5. The highest BCUT2D eigenvalue weighted by atomic mass is 32.1. The first-order valence-corrected chi connectivity index (χ1v) is 7.47. The number of nitrogens with zero attached hydrogens (tertiary/aromatic N) is 1. The largest absolute Gasteiger partial charge is 0.487 e. The van der Waals surface area contributed by atoms with Gasteiger partial charge in [0.25, 0.3) is 5.91 Å². The van der Waals surface area contributed by atoms with Gasteiger partial charge in [-0.3, -0.25) is 10.2 Å². The van der Waals surface area contributed by atoms with Crippen LogP contribution in [0.5, 0.6) is 5.75 Å². The highest BCUT2D eigenvalue weighted by Crippen LogP contribution is 2.24. The number of amides is 1. The lowest BCUT2D eigenvalue weighted by Crippen LogP contribution is -2.29. The highest BCUT2D eigenvalue weighted by molar-refractivity contribution is 7.11. The van der Waals surface area contributed by atoms with E-state index in [0.717, 1.165) is 5.75 Å². The Morgan fingerprint density at radius 1 is 1.33 bits per heavy atom. The smallest absolute Gasteiger partial charge is 0.294 e. The Morgan fingerprint density at radius 2 is 2.00 bits per heavy atom. The summed E-state index contributed by atoms with van der Waals surface area (Å²) < 4.78 is 5.67. The van der Waals surface area contributed by atoms with Crippen molar-refractivity contribution in [3.05, 3.63) is 45.9 Å². The van der Waals surface area contributed by atoms with E-state index in [1.807, 2.05) is 12.1 Å². The fourth-order valence-electron chi connectivity index (χ4n) is 1.75. The lowest BCUT2D eigenvalue weighted by Gasteiger charge is -2.19. The molecule has 112 valence electrons. The third kappa shape index (κ3) is 4.03. The Labute approximate surface area is 128 Å². The van der Waals surface area contributed by atoms with Gasteiger partial charge >= 0.3 is 0 Å². The number of nitrogen functional groups attached to an aromatic ring is 1. The molecule has 0 aliphatic heterocycles. The van der Waals surface area contributed by atoms with Gasteiger partial charge in [0.05, 0.1) is 5.69 Å². The fraction of sp³-hybridized carbons (Fsp3) is 0.333. The molecular formula is C15H19N3O2S. The third-order valence-corrected chi connectivity index (χ3v) is 3.87. The van der Waals surface area contributed by atoms with Crippen molar-refractivity contribution in [2.24, 2.45) is 5.84 Å². The van der Waals surface area contributed by atoms with E-state index in [0.29, 0.717) is 17.3 Å². The molecule has 0 radical (unpaired) electrons. The maximum absolute atomic E-state index is 11.3. The average Bonchev–Trinajstić information content (AvgIpc) is 2.92. The van der Waals surface area contributed by atoms with Gasteiger partial charge in [0.15, 0.2) is 5.01 Å². The van der Waals surface area contributed by atoms with E-state index in [4.69, 9.17) is 10.6 Å². The number of rotatable bonds is 4. The van der Waals surface area contributed by atoms with Gasteiger partial charge in [0.2, 0.25) is 0 Å². The molecule has 0 saturated carbocycles. The second-order valence-electron chi connectivity index (χ2n) is 5.68. The Balaban J connectivity index is 1.97. The Bertz CT molecular complexity index is 615. The van der Waals surface area contributed by atoms with Gasteiger partial charge in [-0.15, -0.1) is 11.3 Å². The Morgan fingerprint density at radius 3 is 2.57 bits per heavy atom. The fourth-order valence-corrected chi connectivity index (χ4v) is 2.45. The normalized spacial score (nSPS) is 11.2. The van der Waals surface area contributed by atoms with Crippen LogP contribution in [0, 0.1) is 0 Å². The molecular weight excluding hydrogens is 286 g/mol. The van der Waals surface area contributed by atoms with E-state index in [-0.39, 0.29) is 11.3 Å². The summed E-state index contributed by atoms with van der Waals surface area (Å²) in [5.74, 6) is 5.45. The number of thiazole rings is 1. The van der Waals surface area contributed by atoms with Crippen LogP contribution >= 0.6 is 11.3 Å². The third-order valence-electron chi connectivity index (χ3n) is 2.98. The average molecular weight is 305 g/mol. The summed E-state index contributed by atoms with van der Waals surface area (Å²) in [5, 5.41) is 2.12. The van der Waals surface area contributed by atoms with Gasteiger partial charge in [-0.25, -0.2) is 10.8 Å². The number of carbonyl (C=O) groups excluding carboxylic acids is 1. The lowest BCUT2D eigenvalue weighted by molar-refractivity contribution is 0.0953. The van der Waals surface area contributed by atoms with Crippen LogP contribution in [0.2, 0.25) is 0 Å². The first kappa shape index (κ1) is 15.5. The minimum Gasteiger partial charge on any atom is -0.487 e. The minimum atomic E-state index is -0.388. The number of hydrazine groups is 1. The number of nitrogens with two attached hydrogens (primary N) is 1. The zero-order valence-electron chi connectivity index (χ0n) is 12.3. The molecule has 1 aromatic carbocycles. The zero-order chi connectivity index (χ0) is 15.5. The van der Waals surface area contributed by atoms with Crippen LogP contribution in [0.1, 0.15) is 41.8 Å². The molecule has 1 aromatic heterocycles. The predicted octanol–water partition coefficient (Wildman–Crippen LogP) is 2.62. The predicted molar refractivity (Wildman–Crippen MR) is 83.2 cm³/mol. The topological polar surface area (TPSA) is 77.2 Å². The summed E-state index contributed by atoms with van der Waals surface area (Å²) in [6.07, 6.45) is 0. The quantitative estimate of drug-likeness (QED) is 0.517. The lowest BCUT2D eigenvalue weighted by atomic mass is 9.87. The molecule has 2 aromatic rings. The van der Waals surface area contributed by atoms with E-state index in [1.165, 1.54) is 16.9 Å². The molecule has 0 saturated heterocycles. The van der Waals surface area contributed by atoms with Crippen molar-refractivity contribution in [1.29, 1.82) is 0 Å². The van der Waals surface area contributed by atoms with Crippen molar-refractivity contribution in [1.82, 2.24) is 10.4 Å². The summed E-state index contributed by atoms with van der Waals surface area (Å²) in [5.41, 5.74) is 4.14. The van der Waals surface area contributed by atoms with Crippen molar-refractivity contribution in [3.63, 3.8) is 0 Å². The molecule has 0 aliphatic carbocycles. The van der Waals surface area contributed by atoms with Crippen LogP contribution in [-0.2, 0) is 12.0 Å². The maximum Gasteiger partial charge on any atom is 0.294 e. The molecule has 1 amide bonds. The number of hydrogen-bond donors (Lipinski definition) is 2. The molecule has 0 atom stereocenters.